The van der Waals surface area contributed by atoms with Crippen LogP contribution in [0.3, 0.4) is 0 Å². The lowest BCUT2D eigenvalue weighted by atomic mass is 9.88. The summed E-state index contributed by atoms with van der Waals surface area (Å²) in [7, 11) is 0. The number of carbonyl (C=O) groups is 3. The van der Waals surface area contributed by atoms with Crippen molar-refractivity contribution in [2.75, 3.05) is 13.1 Å². The number of amides is 3. The van der Waals surface area contributed by atoms with Crippen molar-refractivity contribution >= 4 is 17.7 Å². The van der Waals surface area contributed by atoms with Gasteiger partial charge < -0.3 is 15.5 Å². The van der Waals surface area contributed by atoms with Gasteiger partial charge in [0, 0.05) is 24.7 Å². The number of nitrogens with one attached hydrogen (secondary N) is 2. The maximum Gasteiger partial charge on any atom is 0.254 e. The van der Waals surface area contributed by atoms with Gasteiger partial charge in [0.2, 0.25) is 5.91 Å². The third kappa shape index (κ3) is 6.15. The van der Waals surface area contributed by atoms with Crippen LogP contribution in [0.15, 0.2) is 48.5 Å². The molecule has 1 saturated heterocycles. The number of rotatable bonds is 7. The molecule has 2 aromatic carbocycles. The fraction of sp³-hybridized carbons (Fsp3) is 0.400. The topological polar surface area (TPSA) is 78.5 Å². The minimum Gasteiger partial charge on any atom is -0.352 e. The van der Waals surface area contributed by atoms with Gasteiger partial charge in [-0.15, -0.1) is 0 Å². The number of piperidine rings is 1. The van der Waals surface area contributed by atoms with E-state index in [0.29, 0.717) is 25.9 Å². The molecule has 3 rings (SSSR count). The summed E-state index contributed by atoms with van der Waals surface area (Å²) in [5.41, 5.74) is 0.143. The molecule has 1 aliphatic heterocycles. The summed E-state index contributed by atoms with van der Waals surface area (Å²) in [5, 5.41) is 5.61. The Bertz CT molecular complexity index is 1010. The summed E-state index contributed by atoms with van der Waals surface area (Å²) in [6.45, 7) is 4.54. The van der Waals surface area contributed by atoms with E-state index in [2.05, 4.69) is 10.6 Å². The Morgan fingerprint density at radius 1 is 1.03 bits per heavy atom. The average Bonchev–Trinajstić information content (AvgIpc) is 2.82. The highest BCUT2D eigenvalue weighted by molar-refractivity contribution is 5.98. The van der Waals surface area contributed by atoms with E-state index in [-0.39, 0.29) is 34.9 Å². The summed E-state index contributed by atoms with van der Waals surface area (Å²) in [6.07, 6.45) is 1.66. The molecule has 2 unspecified atom stereocenters. The molecule has 0 aromatic heterocycles. The van der Waals surface area contributed by atoms with Gasteiger partial charge in [-0.3, -0.25) is 14.4 Å². The molecule has 1 heterocycles. The van der Waals surface area contributed by atoms with Gasteiger partial charge in [0.1, 0.15) is 17.7 Å². The smallest absolute Gasteiger partial charge is 0.254 e. The number of carbonyl (C=O) groups excluding carboxylic acids is 3. The van der Waals surface area contributed by atoms with E-state index in [1.54, 1.807) is 17.0 Å². The van der Waals surface area contributed by atoms with Gasteiger partial charge in [-0.05, 0) is 62.4 Å². The number of nitrogens with zero attached hydrogens (tertiary/aromatic N) is 1. The summed E-state index contributed by atoms with van der Waals surface area (Å²) in [4.78, 5) is 40.1. The van der Waals surface area contributed by atoms with Crippen LogP contribution in [0.5, 0.6) is 0 Å². The maximum atomic E-state index is 14.1. The van der Waals surface area contributed by atoms with E-state index < -0.39 is 23.6 Å². The number of hydrogen-bond donors (Lipinski definition) is 2. The number of likely N-dealkylation sites (tertiary alicyclic amines) is 1. The van der Waals surface area contributed by atoms with Crippen LogP contribution in [0.25, 0.3) is 0 Å². The molecular weight excluding hydrogens is 428 g/mol. The SMILES string of the molecule is CCC(C)NC(=O)C(NC(=O)c1ccccc1F)C1CCN(C(=O)c2cccc(F)c2)CC1. The summed E-state index contributed by atoms with van der Waals surface area (Å²) < 4.78 is 27.6. The zero-order chi connectivity index (χ0) is 24.0. The molecule has 33 heavy (non-hydrogen) atoms. The van der Waals surface area contributed by atoms with Gasteiger partial charge in [-0.1, -0.05) is 25.1 Å². The van der Waals surface area contributed by atoms with Crippen molar-refractivity contribution in [2.24, 2.45) is 5.92 Å². The highest BCUT2D eigenvalue weighted by atomic mass is 19.1. The molecule has 8 heteroatoms. The number of hydrogen-bond acceptors (Lipinski definition) is 3. The molecule has 0 aliphatic carbocycles. The highest BCUT2D eigenvalue weighted by Gasteiger charge is 2.35. The fourth-order valence-corrected chi connectivity index (χ4v) is 3.94. The van der Waals surface area contributed by atoms with Crippen molar-refractivity contribution in [3.05, 3.63) is 71.3 Å². The van der Waals surface area contributed by atoms with Gasteiger partial charge >= 0.3 is 0 Å². The molecule has 0 saturated carbocycles. The Morgan fingerprint density at radius 3 is 2.36 bits per heavy atom. The second-order valence-electron chi connectivity index (χ2n) is 8.39. The molecule has 0 bridgehead atoms. The highest BCUT2D eigenvalue weighted by Crippen LogP contribution is 2.23. The van der Waals surface area contributed by atoms with E-state index in [1.807, 2.05) is 13.8 Å². The van der Waals surface area contributed by atoms with E-state index in [1.165, 1.54) is 36.4 Å². The summed E-state index contributed by atoms with van der Waals surface area (Å²) in [5.74, 6) is -2.63. The lowest BCUT2D eigenvalue weighted by Crippen LogP contribution is -2.55. The molecule has 2 aromatic rings. The molecule has 2 atom stereocenters. The van der Waals surface area contributed by atoms with E-state index in [0.717, 1.165) is 6.42 Å². The van der Waals surface area contributed by atoms with E-state index in [4.69, 9.17) is 0 Å². The maximum absolute atomic E-state index is 14.1. The van der Waals surface area contributed by atoms with Crippen molar-refractivity contribution in [3.8, 4) is 0 Å². The third-order valence-corrected chi connectivity index (χ3v) is 6.06. The molecule has 2 N–H and O–H groups in total. The summed E-state index contributed by atoms with van der Waals surface area (Å²) in [6, 6.07) is 10.2. The Labute approximate surface area is 192 Å². The quantitative estimate of drug-likeness (QED) is 0.668. The molecular formula is C25H29F2N3O3. The Balaban J connectivity index is 1.71. The van der Waals surface area contributed by atoms with Gasteiger partial charge in [-0.25, -0.2) is 8.78 Å². The van der Waals surface area contributed by atoms with Crippen molar-refractivity contribution < 1.29 is 23.2 Å². The van der Waals surface area contributed by atoms with E-state index >= 15 is 0 Å². The summed E-state index contributed by atoms with van der Waals surface area (Å²) >= 11 is 0. The van der Waals surface area contributed by atoms with Gasteiger partial charge in [0.25, 0.3) is 11.8 Å². The number of benzene rings is 2. The second-order valence-corrected chi connectivity index (χ2v) is 8.39. The minimum atomic E-state index is -0.863. The molecule has 1 fully saturated rings. The van der Waals surface area contributed by atoms with Crippen molar-refractivity contribution in [3.63, 3.8) is 0 Å². The second kappa shape index (κ2) is 11.0. The largest absolute Gasteiger partial charge is 0.352 e. The predicted molar refractivity (Wildman–Crippen MR) is 121 cm³/mol. The molecule has 0 radical (unpaired) electrons. The van der Waals surface area contributed by atoms with Crippen LogP contribution >= 0.6 is 0 Å². The van der Waals surface area contributed by atoms with Crippen molar-refractivity contribution in [1.82, 2.24) is 15.5 Å². The average molecular weight is 458 g/mol. The predicted octanol–water partition coefficient (Wildman–Crippen LogP) is 3.53. The normalized spacial score (nSPS) is 16.1. The lowest BCUT2D eigenvalue weighted by Gasteiger charge is -2.36. The molecule has 3 amide bonds. The first-order valence-electron chi connectivity index (χ1n) is 11.2. The molecule has 6 nitrogen and oxygen atoms in total. The van der Waals surface area contributed by atoms with Crippen LogP contribution in [-0.4, -0.2) is 47.8 Å². The third-order valence-electron chi connectivity index (χ3n) is 6.06. The standard InChI is InChI=1S/C25H29F2N3O3/c1-3-16(2)28-24(32)22(29-23(31)20-9-4-5-10-21(20)27)17-11-13-30(14-12-17)25(33)18-7-6-8-19(26)15-18/h4-10,15-17,22H,3,11-14H2,1-2H3,(H,28,32)(H,29,31). The molecule has 1 aliphatic rings. The van der Waals surface area contributed by atoms with Crippen molar-refractivity contribution in [1.29, 1.82) is 0 Å². The first-order chi connectivity index (χ1) is 15.8. The molecule has 0 spiro atoms. The first-order valence-corrected chi connectivity index (χ1v) is 11.2. The van der Waals surface area contributed by atoms with Gasteiger partial charge in [-0.2, -0.15) is 0 Å². The van der Waals surface area contributed by atoms with Crippen LogP contribution in [0.2, 0.25) is 0 Å². The lowest BCUT2D eigenvalue weighted by molar-refractivity contribution is -0.125. The Morgan fingerprint density at radius 2 is 1.73 bits per heavy atom. The van der Waals surface area contributed by atoms with Crippen LogP contribution in [0, 0.1) is 17.6 Å². The van der Waals surface area contributed by atoms with Crippen LogP contribution < -0.4 is 10.6 Å². The zero-order valence-electron chi connectivity index (χ0n) is 18.8. The Hall–Kier alpha value is -3.29. The monoisotopic (exact) mass is 457 g/mol. The van der Waals surface area contributed by atoms with Crippen LogP contribution in [0.1, 0.15) is 53.8 Å². The zero-order valence-corrected chi connectivity index (χ0v) is 18.8. The van der Waals surface area contributed by atoms with Gasteiger partial charge in [0.05, 0.1) is 5.56 Å². The van der Waals surface area contributed by atoms with E-state index in [9.17, 15) is 23.2 Å². The van der Waals surface area contributed by atoms with Crippen LogP contribution in [-0.2, 0) is 4.79 Å². The minimum absolute atomic E-state index is 0.0833. The Kier molecular flexibility index (Phi) is 8.14. The van der Waals surface area contributed by atoms with Gasteiger partial charge in [0.15, 0.2) is 0 Å². The van der Waals surface area contributed by atoms with Crippen LogP contribution in [0.4, 0.5) is 8.78 Å². The number of halogens is 2. The first kappa shape index (κ1) is 24.4. The molecule has 176 valence electrons. The van der Waals surface area contributed by atoms with Crippen molar-refractivity contribution in [2.45, 2.75) is 45.2 Å². The fourth-order valence-electron chi connectivity index (χ4n) is 3.94.